The number of amides is 2. The summed E-state index contributed by atoms with van der Waals surface area (Å²) in [6, 6.07) is 16.4. The molecule has 8 nitrogen and oxygen atoms in total. The Morgan fingerprint density at radius 2 is 1.77 bits per heavy atom. The third-order valence-corrected chi connectivity index (χ3v) is 4.41. The van der Waals surface area contributed by atoms with Gasteiger partial charge in [0.05, 0.1) is 7.11 Å². The maximum absolute atomic E-state index is 12.6. The highest BCUT2D eigenvalue weighted by molar-refractivity contribution is 7.80. The van der Waals surface area contributed by atoms with Crippen molar-refractivity contribution in [2.24, 2.45) is 0 Å². The molecule has 1 aromatic heterocycles. The van der Waals surface area contributed by atoms with E-state index in [0.717, 1.165) is 16.9 Å². The monoisotopic (exact) mass is 436 g/mol. The van der Waals surface area contributed by atoms with Gasteiger partial charge in [0.2, 0.25) is 5.91 Å². The minimum Gasteiger partial charge on any atom is -0.497 e. The number of hydrogen-bond acceptors (Lipinski definition) is 6. The molecule has 0 spiro atoms. The molecular formula is C22H20N4O4S. The largest absolute Gasteiger partial charge is 0.497 e. The quantitative estimate of drug-likeness (QED) is 0.321. The van der Waals surface area contributed by atoms with E-state index in [2.05, 4.69) is 21.3 Å². The molecule has 0 aliphatic carbocycles. The van der Waals surface area contributed by atoms with Crippen LogP contribution in [0.3, 0.4) is 0 Å². The Bertz CT molecular complexity index is 1110. The summed E-state index contributed by atoms with van der Waals surface area (Å²) >= 11 is 5.05. The first-order chi connectivity index (χ1) is 15.0. The van der Waals surface area contributed by atoms with Gasteiger partial charge in [0, 0.05) is 11.6 Å². The fourth-order valence-electron chi connectivity index (χ4n) is 2.68. The Morgan fingerprint density at radius 3 is 2.45 bits per heavy atom. The molecule has 2 aromatic carbocycles. The molecule has 0 fully saturated rings. The number of nitrogens with zero attached hydrogens (tertiary/aromatic N) is 1. The molecule has 0 unspecified atom stereocenters. The normalized spacial score (nSPS) is 10.5. The van der Waals surface area contributed by atoms with Gasteiger partial charge in [-0.25, -0.2) is 0 Å². The number of thiocarbonyl (C=S) groups is 1. The second-order valence-corrected chi connectivity index (χ2v) is 6.74. The third kappa shape index (κ3) is 5.77. The summed E-state index contributed by atoms with van der Waals surface area (Å²) in [5.41, 5.74) is 7.19. The summed E-state index contributed by atoms with van der Waals surface area (Å²) in [4.78, 5) is 24.6. The van der Waals surface area contributed by atoms with Crippen molar-refractivity contribution in [3.05, 3.63) is 77.6 Å². The highest BCUT2D eigenvalue weighted by Gasteiger charge is 2.21. The molecule has 3 N–H and O–H groups in total. The summed E-state index contributed by atoms with van der Waals surface area (Å²) in [6.07, 6.45) is 2.96. The SMILES string of the molecule is COc1ccc(/C=C/C(=O)NC(=S)NNC(=O)c2c(-c3ccccc3)noc2C)cc1. The van der Waals surface area contributed by atoms with Crippen LogP contribution in [0.1, 0.15) is 21.7 Å². The average molecular weight is 436 g/mol. The maximum atomic E-state index is 12.6. The number of benzene rings is 2. The van der Waals surface area contributed by atoms with Crippen LogP contribution in [0.4, 0.5) is 0 Å². The Kier molecular flexibility index (Phi) is 7.13. The van der Waals surface area contributed by atoms with E-state index in [-0.39, 0.29) is 10.7 Å². The number of methoxy groups -OCH3 is 1. The van der Waals surface area contributed by atoms with Gasteiger partial charge in [0.25, 0.3) is 5.91 Å². The number of hydrazine groups is 1. The van der Waals surface area contributed by atoms with Crippen LogP contribution in [0.25, 0.3) is 17.3 Å². The van der Waals surface area contributed by atoms with Crippen LogP contribution < -0.4 is 20.9 Å². The van der Waals surface area contributed by atoms with Crippen LogP contribution in [0.2, 0.25) is 0 Å². The van der Waals surface area contributed by atoms with Gasteiger partial charge in [-0.2, -0.15) is 0 Å². The molecule has 0 atom stereocenters. The van der Waals surface area contributed by atoms with E-state index in [1.807, 2.05) is 42.5 Å². The fraction of sp³-hybridized carbons (Fsp3) is 0.0909. The van der Waals surface area contributed by atoms with Gasteiger partial charge < -0.3 is 9.26 Å². The highest BCUT2D eigenvalue weighted by Crippen LogP contribution is 2.24. The number of rotatable bonds is 5. The standard InChI is InChI=1S/C22H20N4O4S/c1-14-19(20(26-30-14)16-6-4-3-5-7-16)21(28)24-25-22(31)23-18(27)13-10-15-8-11-17(29-2)12-9-15/h3-13H,1-2H3,(H,24,28)(H2,23,25,27,31)/b13-10+. The predicted octanol–water partition coefficient (Wildman–Crippen LogP) is 3.01. The van der Waals surface area contributed by atoms with Crippen LogP contribution in [-0.2, 0) is 4.79 Å². The molecule has 1 heterocycles. The lowest BCUT2D eigenvalue weighted by Crippen LogP contribution is -2.48. The van der Waals surface area contributed by atoms with Crippen molar-refractivity contribution in [1.82, 2.24) is 21.3 Å². The number of carbonyl (C=O) groups is 2. The molecule has 3 aromatic rings. The van der Waals surface area contributed by atoms with Gasteiger partial charge in [0.15, 0.2) is 5.11 Å². The molecule has 2 amide bonds. The zero-order valence-corrected chi connectivity index (χ0v) is 17.7. The maximum Gasteiger partial charge on any atom is 0.275 e. The number of aromatic nitrogens is 1. The average Bonchev–Trinajstić information content (AvgIpc) is 3.18. The van der Waals surface area contributed by atoms with Crippen LogP contribution >= 0.6 is 12.2 Å². The van der Waals surface area contributed by atoms with Crippen LogP contribution in [0, 0.1) is 6.92 Å². The molecule has 158 valence electrons. The summed E-state index contributed by atoms with van der Waals surface area (Å²) in [5, 5.41) is 6.35. The lowest BCUT2D eigenvalue weighted by Gasteiger charge is -2.10. The van der Waals surface area contributed by atoms with Gasteiger partial charge in [-0.15, -0.1) is 0 Å². The molecule has 3 rings (SSSR count). The zero-order chi connectivity index (χ0) is 22.2. The molecule has 9 heteroatoms. The summed E-state index contributed by atoms with van der Waals surface area (Å²) in [6.45, 7) is 1.64. The van der Waals surface area contributed by atoms with Crippen molar-refractivity contribution in [3.8, 4) is 17.0 Å². The minimum absolute atomic E-state index is 0.0619. The molecule has 0 saturated heterocycles. The topological polar surface area (TPSA) is 105 Å². The van der Waals surface area contributed by atoms with E-state index >= 15 is 0 Å². The molecule has 0 aliphatic rings. The summed E-state index contributed by atoms with van der Waals surface area (Å²) < 4.78 is 10.3. The smallest absolute Gasteiger partial charge is 0.275 e. The Hall–Kier alpha value is -3.98. The first-order valence-corrected chi connectivity index (χ1v) is 9.64. The van der Waals surface area contributed by atoms with Crippen molar-refractivity contribution in [1.29, 1.82) is 0 Å². The summed E-state index contributed by atoms with van der Waals surface area (Å²) in [5.74, 6) is 0.133. The number of ether oxygens (including phenoxy) is 1. The van der Waals surface area contributed by atoms with Crippen molar-refractivity contribution in [2.45, 2.75) is 6.92 Å². The first kappa shape index (κ1) is 21.7. The van der Waals surface area contributed by atoms with Gasteiger partial charge in [0.1, 0.15) is 22.8 Å². The van der Waals surface area contributed by atoms with E-state index < -0.39 is 11.8 Å². The van der Waals surface area contributed by atoms with Gasteiger partial charge >= 0.3 is 0 Å². The van der Waals surface area contributed by atoms with E-state index in [1.165, 1.54) is 6.08 Å². The van der Waals surface area contributed by atoms with Crippen LogP contribution in [0.15, 0.2) is 65.2 Å². The second kappa shape index (κ2) is 10.2. The van der Waals surface area contributed by atoms with E-state index in [4.69, 9.17) is 21.5 Å². The molecule has 0 saturated carbocycles. The molecule has 31 heavy (non-hydrogen) atoms. The van der Waals surface area contributed by atoms with Gasteiger partial charge in [-0.3, -0.25) is 25.8 Å². The molecule has 0 bridgehead atoms. The Balaban J connectivity index is 1.55. The number of hydrogen-bond donors (Lipinski definition) is 3. The molecule has 0 aliphatic heterocycles. The summed E-state index contributed by atoms with van der Waals surface area (Å²) in [7, 11) is 1.58. The number of nitrogens with one attached hydrogen (secondary N) is 3. The van der Waals surface area contributed by atoms with Crippen molar-refractivity contribution in [2.75, 3.05) is 7.11 Å². The Morgan fingerprint density at radius 1 is 1.06 bits per heavy atom. The van der Waals surface area contributed by atoms with Crippen molar-refractivity contribution >= 4 is 35.2 Å². The number of aryl methyl sites for hydroxylation is 1. The van der Waals surface area contributed by atoms with Gasteiger partial charge in [-0.05, 0) is 42.9 Å². The lowest BCUT2D eigenvalue weighted by molar-refractivity contribution is -0.115. The lowest BCUT2D eigenvalue weighted by atomic mass is 10.1. The minimum atomic E-state index is -0.497. The zero-order valence-electron chi connectivity index (χ0n) is 16.8. The first-order valence-electron chi connectivity index (χ1n) is 9.23. The fourth-order valence-corrected chi connectivity index (χ4v) is 2.83. The van der Waals surface area contributed by atoms with E-state index in [1.54, 1.807) is 32.2 Å². The number of carbonyl (C=O) groups excluding carboxylic acids is 2. The van der Waals surface area contributed by atoms with Crippen molar-refractivity contribution in [3.63, 3.8) is 0 Å². The van der Waals surface area contributed by atoms with Crippen molar-refractivity contribution < 1.29 is 18.8 Å². The van der Waals surface area contributed by atoms with Crippen LogP contribution in [-0.4, -0.2) is 29.2 Å². The van der Waals surface area contributed by atoms with E-state index in [9.17, 15) is 9.59 Å². The van der Waals surface area contributed by atoms with Gasteiger partial charge in [-0.1, -0.05) is 47.6 Å². The predicted molar refractivity (Wildman–Crippen MR) is 120 cm³/mol. The van der Waals surface area contributed by atoms with E-state index in [0.29, 0.717) is 11.5 Å². The third-order valence-electron chi connectivity index (χ3n) is 4.21. The molecule has 0 radical (unpaired) electrons. The second-order valence-electron chi connectivity index (χ2n) is 6.33. The Labute approximate surface area is 184 Å². The molecular weight excluding hydrogens is 416 g/mol. The van der Waals surface area contributed by atoms with Crippen LogP contribution in [0.5, 0.6) is 5.75 Å². The highest BCUT2D eigenvalue weighted by atomic mass is 32.1.